The Labute approximate surface area is 101 Å². The van der Waals surface area contributed by atoms with Gasteiger partial charge in [-0.2, -0.15) is 0 Å². The van der Waals surface area contributed by atoms with Crippen molar-refractivity contribution in [3.63, 3.8) is 0 Å². The Kier molecular flexibility index (Phi) is 7.09. The van der Waals surface area contributed by atoms with Crippen LogP contribution in [0.25, 0.3) is 0 Å². The number of hydrogen-bond donors (Lipinski definition) is 4. The summed E-state index contributed by atoms with van der Waals surface area (Å²) in [6, 6.07) is -0.237. The highest BCUT2D eigenvalue weighted by Gasteiger charge is 2.25. The molecule has 0 aromatic carbocycles. The molecule has 0 fully saturated rings. The standard InChI is InChI=1S/C11H22N2O4/c1-4-5-7(2)9(13-11(16)17)8(3)6-12-10(14)15/h7-9,12-13H,4-6H2,1-3H3,(H,14,15)(H,16,17). The van der Waals surface area contributed by atoms with Crippen molar-refractivity contribution in [2.75, 3.05) is 6.54 Å². The topological polar surface area (TPSA) is 98.7 Å². The molecule has 6 nitrogen and oxygen atoms in total. The Hall–Kier alpha value is -1.46. The molecular weight excluding hydrogens is 224 g/mol. The highest BCUT2D eigenvalue weighted by atomic mass is 16.4. The second-order valence-corrected chi connectivity index (χ2v) is 4.40. The Morgan fingerprint density at radius 2 is 1.71 bits per heavy atom. The fourth-order valence-corrected chi connectivity index (χ4v) is 2.00. The zero-order valence-corrected chi connectivity index (χ0v) is 10.6. The first-order valence-electron chi connectivity index (χ1n) is 5.84. The maximum absolute atomic E-state index is 10.7. The van der Waals surface area contributed by atoms with Gasteiger partial charge in [0.25, 0.3) is 0 Å². The molecule has 0 radical (unpaired) electrons. The van der Waals surface area contributed by atoms with E-state index in [9.17, 15) is 9.59 Å². The quantitative estimate of drug-likeness (QED) is 0.552. The lowest BCUT2D eigenvalue weighted by Gasteiger charge is -2.29. The van der Waals surface area contributed by atoms with Crippen molar-refractivity contribution in [2.24, 2.45) is 11.8 Å². The highest BCUT2D eigenvalue weighted by Crippen LogP contribution is 2.17. The first-order valence-corrected chi connectivity index (χ1v) is 5.84. The number of hydrogen-bond acceptors (Lipinski definition) is 2. The van der Waals surface area contributed by atoms with Gasteiger partial charge in [-0.3, -0.25) is 0 Å². The predicted octanol–water partition coefficient (Wildman–Crippen LogP) is 1.96. The Morgan fingerprint density at radius 3 is 2.12 bits per heavy atom. The molecule has 6 heteroatoms. The summed E-state index contributed by atoms with van der Waals surface area (Å²) in [6.07, 6.45) is -0.283. The van der Waals surface area contributed by atoms with Crippen molar-refractivity contribution in [1.29, 1.82) is 0 Å². The second kappa shape index (κ2) is 7.76. The van der Waals surface area contributed by atoms with Gasteiger partial charge >= 0.3 is 12.2 Å². The zero-order chi connectivity index (χ0) is 13.4. The van der Waals surface area contributed by atoms with Gasteiger partial charge < -0.3 is 20.8 Å². The lowest BCUT2D eigenvalue weighted by molar-refractivity contribution is 0.171. The molecule has 0 saturated carbocycles. The van der Waals surface area contributed by atoms with E-state index in [1.807, 2.05) is 20.8 Å². The summed E-state index contributed by atoms with van der Waals surface area (Å²) in [5.74, 6) is 0.102. The minimum atomic E-state index is -1.09. The van der Waals surface area contributed by atoms with E-state index in [0.717, 1.165) is 12.8 Å². The molecule has 17 heavy (non-hydrogen) atoms. The van der Waals surface area contributed by atoms with Crippen LogP contribution in [0, 0.1) is 11.8 Å². The fraction of sp³-hybridized carbons (Fsp3) is 0.818. The van der Waals surface area contributed by atoms with E-state index in [-0.39, 0.29) is 24.4 Å². The average Bonchev–Trinajstić information content (AvgIpc) is 2.22. The van der Waals surface area contributed by atoms with Crippen molar-refractivity contribution < 1.29 is 19.8 Å². The van der Waals surface area contributed by atoms with Crippen molar-refractivity contribution in [2.45, 2.75) is 39.7 Å². The largest absolute Gasteiger partial charge is 0.465 e. The summed E-state index contributed by atoms with van der Waals surface area (Å²) in [7, 11) is 0. The van der Waals surface area contributed by atoms with Crippen LogP contribution in [-0.4, -0.2) is 35.0 Å². The first kappa shape index (κ1) is 15.5. The molecule has 0 saturated heterocycles. The van der Waals surface area contributed by atoms with Gasteiger partial charge in [0.05, 0.1) is 0 Å². The smallest absolute Gasteiger partial charge is 0.404 e. The van der Waals surface area contributed by atoms with Gasteiger partial charge in [-0.05, 0) is 18.3 Å². The van der Waals surface area contributed by atoms with E-state index in [1.165, 1.54) is 0 Å². The minimum Gasteiger partial charge on any atom is -0.465 e. The highest BCUT2D eigenvalue weighted by molar-refractivity contribution is 5.65. The van der Waals surface area contributed by atoms with Crippen molar-refractivity contribution >= 4 is 12.2 Å². The third-order valence-electron chi connectivity index (χ3n) is 2.84. The summed E-state index contributed by atoms with van der Waals surface area (Å²) in [5, 5.41) is 22.1. The molecule has 0 aliphatic carbocycles. The number of carbonyl (C=O) groups is 2. The van der Waals surface area contributed by atoms with Crippen LogP contribution in [0.3, 0.4) is 0 Å². The second-order valence-electron chi connectivity index (χ2n) is 4.40. The van der Waals surface area contributed by atoms with Crippen LogP contribution >= 0.6 is 0 Å². The molecule has 4 N–H and O–H groups in total. The van der Waals surface area contributed by atoms with Gasteiger partial charge in [0.2, 0.25) is 0 Å². The summed E-state index contributed by atoms with van der Waals surface area (Å²) in [5.41, 5.74) is 0. The molecule has 0 aromatic rings. The molecule has 0 aromatic heterocycles. The first-order chi connectivity index (χ1) is 7.88. The Bertz CT molecular complexity index is 258. The van der Waals surface area contributed by atoms with Gasteiger partial charge in [0, 0.05) is 12.6 Å². The zero-order valence-electron chi connectivity index (χ0n) is 10.6. The van der Waals surface area contributed by atoms with E-state index < -0.39 is 12.2 Å². The number of rotatable bonds is 7. The molecule has 0 heterocycles. The Morgan fingerprint density at radius 1 is 1.12 bits per heavy atom. The van der Waals surface area contributed by atoms with Gasteiger partial charge in [0.15, 0.2) is 0 Å². The van der Waals surface area contributed by atoms with E-state index in [2.05, 4.69) is 10.6 Å². The van der Waals surface area contributed by atoms with E-state index in [4.69, 9.17) is 10.2 Å². The molecule has 0 aliphatic rings. The van der Waals surface area contributed by atoms with Crippen LogP contribution in [0.4, 0.5) is 9.59 Å². The lowest BCUT2D eigenvalue weighted by atomic mass is 9.87. The number of nitrogens with one attached hydrogen (secondary N) is 2. The van der Waals surface area contributed by atoms with Gasteiger partial charge in [-0.1, -0.05) is 27.2 Å². The molecule has 0 rings (SSSR count). The van der Waals surface area contributed by atoms with Crippen LogP contribution in [0.15, 0.2) is 0 Å². The molecular formula is C11H22N2O4. The molecule has 3 atom stereocenters. The fourth-order valence-electron chi connectivity index (χ4n) is 2.00. The third-order valence-corrected chi connectivity index (χ3v) is 2.84. The van der Waals surface area contributed by atoms with Gasteiger partial charge in [-0.25, -0.2) is 9.59 Å². The summed E-state index contributed by atoms with van der Waals surface area (Å²) in [6.45, 7) is 6.09. The summed E-state index contributed by atoms with van der Waals surface area (Å²) in [4.78, 5) is 21.1. The van der Waals surface area contributed by atoms with Crippen LogP contribution in [0.1, 0.15) is 33.6 Å². The molecule has 100 valence electrons. The van der Waals surface area contributed by atoms with Crippen molar-refractivity contribution in [1.82, 2.24) is 10.6 Å². The van der Waals surface area contributed by atoms with Gasteiger partial charge in [-0.15, -0.1) is 0 Å². The maximum Gasteiger partial charge on any atom is 0.404 e. The molecule has 0 aliphatic heterocycles. The van der Waals surface area contributed by atoms with E-state index in [0.29, 0.717) is 0 Å². The van der Waals surface area contributed by atoms with E-state index >= 15 is 0 Å². The maximum atomic E-state index is 10.7. The van der Waals surface area contributed by atoms with Crippen LogP contribution in [0.2, 0.25) is 0 Å². The molecule has 3 unspecified atom stereocenters. The average molecular weight is 246 g/mol. The van der Waals surface area contributed by atoms with Crippen LogP contribution in [-0.2, 0) is 0 Å². The number of carboxylic acid groups (broad SMARTS) is 2. The van der Waals surface area contributed by atoms with Crippen molar-refractivity contribution in [3.8, 4) is 0 Å². The third kappa shape index (κ3) is 6.65. The van der Waals surface area contributed by atoms with Gasteiger partial charge in [0.1, 0.15) is 0 Å². The molecule has 0 bridgehead atoms. The monoisotopic (exact) mass is 246 g/mol. The summed E-state index contributed by atoms with van der Waals surface area (Å²) >= 11 is 0. The minimum absolute atomic E-state index is 0.0799. The Balaban J connectivity index is 4.43. The normalized spacial score (nSPS) is 15.7. The molecule has 2 amide bonds. The molecule has 0 spiro atoms. The predicted molar refractivity (Wildman–Crippen MR) is 64.2 cm³/mol. The van der Waals surface area contributed by atoms with E-state index in [1.54, 1.807) is 0 Å². The lowest BCUT2D eigenvalue weighted by Crippen LogP contribution is -2.46. The van der Waals surface area contributed by atoms with Crippen LogP contribution in [0.5, 0.6) is 0 Å². The van der Waals surface area contributed by atoms with Crippen LogP contribution < -0.4 is 10.6 Å². The number of amides is 2. The van der Waals surface area contributed by atoms with Crippen molar-refractivity contribution in [3.05, 3.63) is 0 Å². The SMILES string of the molecule is CCCC(C)C(NC(=O)O)C(C)CNC(=O)O. The summed E-state index contributed by atoms with van der Waals surface area (Å²) < 4.78 is 0.